The van der Waals surface area contributed by atoms with Gasteiger partial charge in [-0.1, -0.05) is 13.8 Å². The topological polar surface area (TPSA) is 143 Å². The molecule has 3 aliphatic rings. The number of alkyl halides is 3. The number of ether oxygens (including phenoxy) is 2. The number of halogens is 3. The van der Waals surface area contributed by atoms with E-state index in [-0.39, 0.29) is 24.3 Å². The summed E-state index contributed by atoms with van der Waals surface area (Å²) in [5.41, 5.74) is -0.983. The minimum absolute atomic E-state index is 0.0978. The van der Waals surface area contributed by atoms with Crippen LogP contribution < -0.4 is 16.0 Å². The van der Waals surface area contributed by atoms with E-state index in [4.69, 9.17) is 4.74 Å². The molecule has 2 aliphatic heterocycles. The number of alkyl carbamates (subject to hydrolysis) is 1. The van der Waals surface area contributed by atoms with Crippen molar-refractivity contribution in [2.24, 2.45) is 16.7 Å². The first-order valence-electron chi connectivity index (χ1n) is 13.1. The van der Waals surface area contributed by atoms with Crippen LogP contribution in [0.2, 0.25) is 0 Å². The fraction of sp³-hybridized carbons (Fsp3) is 0.800. The number of aldehydes is 1. The zero-order valence-corrected chi connectivity index (χ0v) is 22.4. The van der Waals surface area contributed by atoms with Gasteiger partial charge < -0.3 is 20.7 Å². The number of amides is 3. The van der Waals surface area contributed by atoms with Gasteiger partial charge in [0.05, 0.1) is 12.1 Å². The first-order chi connectivity index (χ1) is 18.2. The Bertz CT molecular complexity index is 954. The molecular formula is C25H37F3N4O7. The second-order valence-corrected chi connectivity index (χ2v) is 11.4. The summed E-state index contributed by atoms with van der Waals surface area (Å²) in [5.74, 6) is -2.49. The van der Waals surface area contributed by atoms with Gasteiger partial charge in [0, 0.05) is 37.5 Å². The molecule has 1 aliphatic carbocycles. The molecule has 2 saturated heterocycles. The minimum Gasteiger partial charge on any atom is -0.438 e. The van der Waals surface area contributed by atoms with Crippen molar-refractivity contribution in [3.8, 4) is 0 Å². The second-order valence-electron chi connectivity index (χ2n) is 11.4. The third-order valence-electron chi connectivity index (χ3n) is 7.69. The lowest BCUT2D eigenvalue weighted by molar-refractivity contribution is -0.321. The van der Waals surface area contributed by atoms with Crippen LogP contribution in [0.25, 0.3) is 0 Å². The van der Waals surface area contributed by atoms with Crippen LogP contribution in [-0.4, -0.2) is 92.2 Å². The molecule has 0 aromatic heterocycles. The monoisotopic (exact) mass is 562 g/mol. The number of ketones is 1. The molecule has 220 valence electrons. The lowest BCUT2D eigenvalue weighted by Crippen LogP contribution is -2.53. The molecule has 3 N–H and O–H groups in total. The molecule has 2 heterocycles. The van der Waals surface area contributed by atoms with Crippen LogP contribution in [0.3, 0.4) is 0 Å². The van der Waals surface area contributed by atoms with E-state index < -0.39 is 60.3 Å². The van der Waals surface area contributed by atoms with Crippen LogP contribution in [0, 0.1) is 16.7 Å². The van der Waals surface area contributed by atoms with Gasteiger partial charge in [0.25, 0.3) is 0 Å². The number of rotatable bonds is 13. The third kappa shape index (κ3) is 8.37. The molecule has 1 saturated carbocycles. The van der Waals surface area contributed by atoms with Gasteiger partial charge in [0.2, 0.25) is 11.8 Å². The molecule has 39 heavy (non-hydrogen) atoms. The Morgan fingerprint density at radius 1 is 1.26 bits per heavy atom. The molecule has 0 unspecified atom stereocenters. The fourth-order valence-electron chi connectivity index (χ4n) is 5.34. The van der Waals surface area contributed by atoms with Crippen molar-refractivity contribution < 1.29 is 46.6 Å². The molecule has 1 spiro atoms. The fourth-order valence-corrected chi connectivity index (χ4v) is 5.34. The molecule has 0 radical (unpaired) electrons. The van der Waals surface area contributed by atoms with Gasteiger partial charge in [-0.05, 0) is 44.4 Å². The Kier molecular flexibility index (Phi) is 9.63. The van der Waals surface area contributed by atoms with Crippen molar-refractivity contribution in [2.45, 2.75) is 77.4 Å². The number of hydrogen-bond donors (Lipinski definition) is 3. The van der Waals surface area contributed by atoms with Crippen molar-refractivity contribution in [3.63, 3.8) is 0 Å². The van der Waals surface area contributed by atoms with Gasteiger partial charge in [-0.3, -0.25) is 28.8 Å². The highest BCUT2D eigenvalue weighted by atomic mass is 19.4. The predicted molar refractivity (Wildman–Crippen MR) is 130 cm³/mol. The van der Waals surface area contributed by atoms with Crippen molar-refractivity contribution in [3.05, 3.63) is 0 Å². The number of carbonyl (C=O) groups excluding carboxylic acids is 5. The van der Waals surface area contributed by atoms with E-state index in [0.717, 1.165) is 12.8 Å². The summed E-state index contributed by atoms with van der Waals surface area (Å²) in [6, 6.07) is -2.07. The maximum Gasteiger partial charge on any atom is 0.522 e. The minimum atomic E-state index is -5.02. The average Bonchev–Trinajstić information content (AvgIpc) is 3.33. The number of carbonyl (C=O) groups is 5. The summed E-state index contributed by atoms with van der Waals surface area (Å²) in [7, 11) is 0. The lowest BCUT2D eigenvalue weighted by atomic mass is 9.86. The van der Waals surface area contributed by atoms with Gasteiger partial charge in [-0.25, -0.2) is 4.79 Å². The smallest absolute Gasteiger partial charge is 0.438 e. The van der Waals surface area contributed by atoms with E-state index in [1.807, 2.05) is 4.90 Å². The number of nitrogens with one attached hydrogen (secondary N) is 3. The van der Waals surface area contributed by atoms with Crippen LogP contribution >= 0.6 is 0 Å². The summed E-state index contributed by atoms with van der Waals surface area (Å²) in [6.07, 6.45) is -3.81. The molecule has 4 atom stereocenters. The zero-order valence-electron chi connectivity index (χ0n) is 22.4. The first-order valence-corrected chi connectivity index (χ1v) is 13.1. The van der Waals surface area contributed by atoms with Crippen LogP contribution in [0.4, 0.5) is 18.0 Å². The third-order valence-corrected chi connectivity index (χ3v) is 7.69. The van der Waals surface area contributed by atoms with Gasteiger partial charge in [0.1, 0.15) is 6.61 Å². The Hall–Kier alpha value is -2.74. The van der Waals surface area contributed by atoms with E-state index in [0.29, 0.717) is 38.8 Å². The molecule has 11 nitrogen and oxygen atoms in total. The molecule has 0 aromatic rings. The highest BCUT2D eigenvalue weighted by Crippen LogP contribution is 2.55. The van der Waals surface area contributed by atoms with Gasteiger partial charge in [-0.15, -0.1) is 13.2 Å². The average molecular weight is 563 g/mol. The van der Waals surface area contributed by atoms with E-state index in [2.05, 4.69) is 20.7 Å². The SMILES string of the molecule is CCNC(=O)O[C@@H](C=O)C(C)(C)CN1CC2(CC2)C[C@H]1C(=O)N[C@@H](C[C@@H]1CCNC1=O)C(=O)COC(F)(F)F. The molecule has 14 heteroatoms. The number of nitrogens with zero attached hydrogens (tertiary/aromatic N) is 1. The van der Waals surface area contributed by atoms with E-state index >= 15 is 0 Å². The van der Waals surface area contributed by atoms with E-state index in [1.165, 1.54) is 0 Å². The van der Waals surface area contributed by atoms with Gasteiger partial charge in [-0.2, -0.15) is 0 Å². The van der Waals surface area contributed by atoms with Crippen LogP contribution in [0.5, 0.6) is 0 Å². The summed E-state index contributed by atoms with van der Waals surface area (Å²) in [4.78, 5) is 63.9. The van der Waals surface area contributed by atoms with Crippen LogP contribution in [0.15, 0.2) is 0 Å². The summed E-state index contributed by atoms with van der Waals surface area (Å²) >= 11 is 0. The molecule has 0 aromatic carbocycles. The van der Waals surface area contributed by atoms with Crippen molar-refractivity contribution in [1.29, 1.82) is 0 Å². The maximum atomic E-state index is 13.5. The van der Waals surface area contributed by atoms with Crippen LogP contribution in [0.1, 0.15) is 52.9 Å². The summed E-state index contributed by atoms with van der Waals surface area (Å²) in [5, 5.41) is 7.68. The number of hydrogen-bond acceptors (Lipinski definition) is 8. The predicted octanol–water partition coefficient (Wildman–Crippen LogP) is 1.30. The molecule has 3 rings (SSSR count). The van der Waals surface area contributed by atoms with E-state index in [9.17, 15) is 37.1 Å². The summed E-state index contributed by atoms with van der Waals surface area (Å²) < 4.78 is 46.7. The Balaban J connectivity index is 1.73. The van der Waals surface area contributed by atoms with Crippen molar-refractivity contribution in [1.82, 2.24) is 20.9 Å². The molecule has 3 amide bonds. The Morgan fingerprint density at radius 2 is 1.95 bits per heavy atom. The highest BCUT2D eigenvalue weighted by molar-refractivity contribution is 5.92. The molecular weight excluding hydrogens is 525 g/mol. The quantitative estimate of drug-likeness (QED) is 0.285. The maximum absolute atomic E-state index is 13.5. The number of Topliss-reactive ketones (excluding diaryl/α,β-unsaturated/α-hetero) is 1. The first kappa shape index (κ1) is 30.8. The van der Waals surface area contributed by atoms with Crippen molar-refractivity contribution in [2.75, 3.05) is 32.8 Å². The normalized spacial score (nSPS) is 24.1. The standard InChI is InChI=1S/C25H37F3N4O7/c1-4-29-22(37)39-19(11-33)23(2,3)13-32-14-24(6-7-24)10-17(32)21(36)31-16(9-15-5-8-30-20(15)35)18(34)12-38-25(26,27)28/h11,15-17,19H,4-10,12-14H2,1-3H3,(H,29,37)(H,30,35)(H,31,36)/t15-,16-,17-,19-/m0/s1. The zero-order chi connectivity index (χ0) is 29.0. The Morgan fingerprint density at radius 3 is 2.49 bits per heavy atom. The van der Waals surface area contributed by atoms with Crippen molar-refractivity contribution >= 4 is 30.0 Å². The summed E-state index contributed by atoms with van der Waals surface area (Å²) in [6.45, 7) is 5.33. The highest BCUT2D eigenvalue weighted by Gasteiger charge is 2.55. The largest absolute Gasteiger partial charge is 0.522 e. The molecule has 0 bridgehead atoms. The van der Waals surface area contributed by atoms with Gasteiger partial charge in [0.15, 0.2) is 18.2 Å². The molecule has 3 fully saturated rings. The Labute approximate surface area is 224 Å². The lowest BCUT2D eigenvalue weighted by Gasteiger charge is -2.36. The van der Waals surface area contributed by atoms with Crippen LogP contribution in [-0.2, 0) is 28.7 Å². The van der Waals surface area contributed by atoms with E-state index in [1.54, 1.807) is 20.8 Å². The second kappa shape index (κ2) is 12.2. The van der Waals surface area contributed by atoms with Gasteiger partial charge >= 0.3 is 12.5 Å². The number of likely N-dealkylation sites (tertiary alicyclic amines) is 1.